The normalized spacial score (nSPS) is 13.3. The number of benzene rings is 1. The van der Waals surface area contributed by atoms with Crippen molar-refractivity contribution in [3.05, 3.63) is 36.0 Å². The second kappa shape index (κ2) is 14.8. The summed E-state index contributed by atoms with van der Waals surface area (Å²) in [4.78, 5) is 23.3. The van der Waals surface area contributed by atoms with E-state index in [9.17, 15) is 14.7 Å². The first kappa shape index (κ1) is 26.1. The molecule has 178 valence electrons. The molecular formula is C26H41N3O3. The average Bonchev–Trinajstić information content (AvgIpc) is 3.12. The predicted molar refractivity (Wildman–Crippen MR) is 131 cm³/mol. The van der Waals surface area contributed by atoms with Crippen molar-refractivity contribution in [2.45, 2.75) is 89.7 Å². The topological polar surface area (TPSA) is 97.3 Å². The molecule has 1 aromatic carbocycles. The average molecular weight is 444 g/mol. The van der Waals surface area contributed by atoms with E-state index in [2.05, 4.69) is 12.2 Å². The third-order valence-corrected chi connectivity index (χ3v) is 6.10. The van der Waals surface area contributed by atoms with Crippen LogP contribution >= 0.6 is 0 Å². The molecule has 0 unspecified atom stereocenters. The number of primary amides is 1. The highest BCUT2D eigenvalue weighted by molar-refractivity contribution is 5.89. The Morgan fingerprint density at radius 2 is 1.69 bits per heavy atom. The molecule has 6 nitrogen and oxygen atoms in total. The van der Waals surface area contributed by atoms with Gasteiger partial charge >= 0.3 is 0 Å². The lowest BCUT2D eigenvalue weighted by molar-refractivity contribution is -0.117. The van der Waals surface area contributed by atoms with E-state index >= 15 is 0 Å². The van der Waals surface area contributed by atoms with Gasteiger partial charge < -0.3 is 25.5 Å². The van der Waals surface area contributed by atoms with Crippen LogP contribution in [0.2, 0.25) is 0 Å². The fourth-order valence-electron chi connectivity index (χ4n) is 4.30. The number of aromatic nitrogens is 1. The molecule has 1 heterocycles. The number of aliphatic hydroxyl groups is 1. The molecule has 0 fully saturated rings. The molecule has 1 amide bonds. The molecule has 32 heavy (non-hydrogen) atoms. The Morgan fingerprint density at radius 1 is 1.06 bits per heavy atom. The third kappa shape index (κ3) is 8.40. The molecule has 0 spiro atoms. The molecule has 0 saturated carbocycles. The van der Waals surface area contributed by atoms with Gasteiger partial charge in [-0.1, -0.05) is 82.9 Å². The molecule has 0 saturated heterocycles. The number of nitrogens with one attached hydrogen (secondary N) is 1. The number of hydrogen-bond acceptors (Lipinski definition) is 4. The highest BCUT2D eigenvalue weighted by Crippen LogP contribution is 2.26. The molecule has 6 heteroatoms. The van der Waals surface area contributed by atoms with E-state index in [0.29, 0.717) is 6.54 Å². The van der Waals surface area contributed by atoms with Crippen LogP contribution in [0.25, 0.3) is 10.9 Å². The molecular weight excluding hydrogens is 402 g/mol. The number of unbranched alkanes of at least 4 members (excludes halogenated alkanes) is 9. The minimum Gasteiger partial charge on any atom is -0.389 e. The Kier molecular flexibility index (Phi) is 12.1. The number of para-hydroxylation sites is 1. The van der Waals surface area contributed by atoms with Gasteiger partial charge in [0.1, 0.15) is 12.3 Å². The van der Waals surface area contributed by atoms with E-state index in [-0.39, 0.29) is 6.42 Å². The smallest absolute Gasteiger partial charge is 0.221 e. The molecule has 0 aliphatic heterocycles. The molecule has 2 rings (SSSR count). The summed E-state index contributed by atoms with van der Waals surface area (Å²) >= 11 is 0. The first-order valence-electron chi connectivity index (χ1n) is 12.3. The van der Waals surface area contributed by atoms with Crippen molar-refractivity contribution < 1.29 is 14.7 Å². The zero-order chi connectivity index (χ0) is 23.2. The summed E-state index contributed by atoms with van der Waals surface area (Å²) in [5.41, 5.74) is 6.96. The summed E-state index contributed by atoms with van der Waals surface area (Å²) in [5, 5.41) is 14.8. The molecule has 2 aromatic rings. The minimum absolute atomic E-state index is 0.103. The van der Waals surface area contributed by atoms with Gasteiger partial charge in [0.25, 0.3) is 0 Å². The lowest BCUT2D eigenvalue weighted by Gasteiger charge is -2.21. The monoisotopic (exact) mass is 443 g/mol. The zero-order valence-electron chi connectivity index (χ0n) is 19.6. The highest BCUT2D eigenvalue weighted by atomic mass is 16.3. The molecule has 2 atom stereocenters. The van der Waals surface area contributed by atoms with Crippen LogP contribution in [-0.2, 0) is 16.0 Å². The number of hydrogen-bond donors (Lipinski definition) is 3. The summed E-state index contributed by atoms with van der Waals surface area (Å²) in [6.07, 6.45) is 14.7. The highest BCUT2D eigenvalue weighted by Gasteiger charge is 2.23. The number of nitrogens with two attached hydrogens (primary N) is 1. The lowest BCUT2D eigenvalue weighted by atomic mass is 10.1. The van der Waals surface area contributed by atoms with Gasteiger partial charge in [-0.3, -0.25) is 4.79 Å². The second-order valence-electron chi connectivity index (χ2n) is 8.80. The van der Waals surface area contributed by atoms with Crippen molar-refractivity contribution in [3.8, 4) is 0 Å². The quantitative estimate of drug-likeness (QED) is 0.237. The molecule has 0 bridgehead atoms. The Bertz CT molecular complexity index is 818. The van der Waals surface area contributed by atoms with E-state index in [4.69, 9.17) is 5.73 Å². The second-order valence-corrected chi connectivity index (χ2v) is 8.80. The molecule has 0 radical (unpaired) electrons. The Morgan fingerprint density at radius 3 is 2.31 bits per heavy atom. The van der Waals surface area contributed by atoms with Gasteiger partial charge in [0.05, 0.1) is 12.5 Å². The van der Waals surface area contributed by atoms with Crippen molar-refractivity contribution in [2.75, 3.05) is 13.1 Å². The van der Waals surface area contributed by atoms with Gasteiger partial charge in [-0.05, 0) is 24.6 Å². The Balaban J connectivity index is 1.74. The van der Waals surface area contributed by atoms with Gasteiger partial charge in [0.2, 0.25) is 5.91 Å². The fourth-order valence-corrected chi connectivity index (χ4v) is 4.30. The third-order valence-electron chi connectivity index (χ3n) is 6.10. The lowest BCUT2D eigenvalue weighted by Crippen LogP contribution is -2.35. The summed E-state index contributed by atoms with van der Waals surface area (Å²) in [6.45, 7) is 3.42. The van der Waals surface area contributed by atoms with Crippen molar-refractivity contribution in [1.82, 2.24) is 9.88 Å². The van der Waals surface area contributed by atoms with Gasteiger partial charge in [-0.25, -0.2) is 0 Å². The Hall–Kier alpha value is -2.18. The van der Waals surface area contributed by atoms with Crippen molar-refractivity contribution >= 4 is 23.1 Å². The number of carbonyl (C=O) groups is 2. The van der Waals surface area contributed by atoms with Crippen LogP contribution < -0.4 is 11.1 Å². The number of amides is 1. The maximum atomic E-state index is 11.8. The number of rotatable bonds is 18. The molecule has 0 aliphatic rings. The van der Waals surface area contributed by atoms with Crippen LogP contribution in [0.15, 0.2) is 30.5 Å². The van der Waals surface area contributed by atoms with Gasteiger partial charge in [0.15, 0.2) is 0 Å². The first-order valence-corrected chi connectivity index (χ1v) is 12.3. The van der Waals surface area contributed by atoms with Crippen molar-refractivity contribution in [1.29, 1.82) is 0 Å². The summed E-state index contributed by atoms with van der Waals surface area (Å²) in [7, 11) is 0. The molecule has 4 N–H and O–H groups in total. The maximum absolute atomic E-state index is 11.8. The van der Waals surface area contributed by atoms with Crippen LogP contribution in [0.3, 0.4) is 0 Å². The van der Waals surface area contributed by atoms with Crippen LogP contribution in [-0.4, -0.2) is 41.1 Å². The zero-order valence-corrected chi connectivity index (χ0v) is 19.6. The van der Waals surface area contributed by atoms with Crippen LogP contribution in [0.4, 0.5) is 0 Å². The fraction of sp³-hybridized carbons (Fsp3) is 0.615. The SMILES string of the molecule is CCCCCCCCCCCCNC[C@H](O)[C@@H](C=O)n1cc(CC(N)=O)c2ccccc21. The largest absolute Gasteiger partial charge is 0.389 e. The number of aliphatic hydroxyl groups excluding tert-OH is 1. The van der Waals surface area contributed by atoms with Gasteiger partial charge in [-0.2, -0.15) is 0 Å². The number of aldehydes is 1. The van der Waals surface area contributed by atoms with Gasteiger partial charge in [-0.15, -0.1) is 0 Å². The summed E-state index contributed by atoms with van der Waals surface area (Å²) in [6, 6.07) is 6.84. The van der Waals surface area contributed by atoms with Crippen LogP contribution in [0.5, 0.6) is 0 Å². The summed E-state index contributed by atoms with van der Waals surface area (Å²) in [5.74, 6) is -0.422. The van der Waals surface area contributed by atoms with E-state index < -0.39 is 18.1 Å². The molecule has 1 aromatic heterocycles. The van der Waals surface area contributed by atoms with E-state index in [1.165, 1.54) is 57.8 Å². The van der Waals surface area contributed by atoms with Crippen molar-refractivity contribution in [2.24, 2.45) is 5.73 Å². The summed E-state index contributed by atoms with van der Waals surface area (Å²) < 4.78 is 1.76. The van der Waals surface area contributed by atoms with Crippen molar-refractivity contribution in [3.63, 3.8) is 0 Å². The van der Waals surface area contributed by atoms with E-state index in [1.54, 1.807) is 10.8 Å². The van der Waals surface area contributed by atoms with E-state index in [0.717, 1.165) is 35.7 Å². The predicted octanol–water partition coefficient (Wildman–Crippen LogP) is 4.28. The van der Waals surface area contributed by atoms with Crippen LogP contribution in [0, 0.1) is 0 Å². The van der Waals surface area contributed by atoms with Gasteiger partial charge in [0, 0.05) is 23.6 Å². The van der Waals surface area contributed by atoms with Crippen LogP contribution in [0.1, 0.15) is 82.7 Å². The Labute approximate surface area is 192 Å². The number of fused-ring (bicyclic) bond motifs is 1. The standard InChI is InChI=1S/C26H41N3O3/c1-2-3-4-5-6-7-8-9-10-13-16-28-18-25(31)24(20-30)29-19-21(17-26(27)32)22-14-11-12-15-23(22)29/h11-12,14-15,19-20,24-25,28,31H,2-10,13,16-18H2,1H3,(H2,27,32)/t24-,25+/m1/s1. The van der Waals surface area contributed by atoms with E-state index in [1.807, 2.05) is 24.3 Å². The number of carbonyl (C=O) groups excluding carboxylic acids is 2. The first-order chi connectivity index (χ1) is 15.6. The molecule has 0 aliphatic carbocycles. The minimum atomic E-state index is -0.854. The maximum Gasteiger partial charge on any atom is 0.221 e. The number of nitrogens with zero attached hydrogens (tertiary/aromatic N) is 1.